The predicted octanol–water partition coefficient (Wildman–Crippen LogP) is -0.00840. The topological polar surface area (TPSA) is 0 Å². The summed E-state index contributed by atoms with van der Waals surface area (Å²) in [6.45, 7) is 19.5. The average molecular weight is 667 g/mol. The minimum atomic E-state index is -1.02. The number of likely N-dealkylation sites (tertiary alicyclic amines) is 2. The van der Waals surface area contributed by atoms with Crippen LogP contribution in [0.5, 0.6) is 0 Å². The molecule has 0 aromatic carbocycles. The highest BCUT2D eigenvalue weighted by Crippen LogP contribution is 2.30. The van der Waals surface area contributed by atoms with Crippen molar-refractivity contribution in [3.05, 3.63) is 0 Å². The molecule has 2 fully saturated rings. The highest BCUT2D eigenvalue weighted by Gasteiger charge is 2.33. The van der Waals surface area contributed by atoms with E-state index in [0.717, 1.165) is 0 Å². The van der Waals surface area contributed by atoms with Crippen LogP contribution in [0.15, 0.2) is 0 Å². The number of halogens is 2. The van der Waals surface area contributed by atoms with Crippen molar-refractivity contribution in [2.75, 3.05) is 53.4 Å². The fraction of sp³-hybridized carbons (Fsp3) is 1.00. The van der Waals surface area contributed by atoms with Gasteiger partial charge in [0, 0.05) is 16.1 Å². The number of hydrogen-bond acceptors (Lipinski definition) is 0. The van der Waals surface area contributed by atoms with Crippen LogP contribution in [0.1, 0.15) is 51.4 Å². The molecule has 0 aromatic heterocycles. The summed E-state index contributed by atoms with van der Waals surface area (Å²) in [6, 6.07) is 3.15. The van der Waals surface area contributed by atoms with Gasteiger partial charge in [-0.2, -0.15) is 0 Å². The first-order valence-corrected chi connectivity index (χ1v) is 19.0. The summed E-state index contributed by atoms with van der Waals surface area (Å²) in [6.07, 6.45) is 11.8. The maximum atomic E-state index is 2.70. The van der Waals surface area contributed by atoms with Gasteiger partial charge in [0.05, 0.1) is 53.4 Å². The van der Waals surface area contributed by atoms with Crippen LogP contribution in [-0.4, -0.2) is 78.5 Å². The predicted molar refractivity (Wildman–Crippen MR) is 128 cm³/mol. The monoisotopic (exact) mass is 666 g/mol. The molecule has 0 atom stereocenters. The molecule has 0 bridgehead atoms. The van der Waals surface area contributed by atoms with Crippen LogP contribution >= 0.6 is 0 Å². The molecule has 2 aliphatic rings. The molecule has 0 radical (unpaired) electrons. The molecular formula is C23H52I2N2Si2. The smallest absolute Gasteiger partial charge is 0.0784 e. The normalized spacial score (nSPS) is 21.7. The molecule has 0 aliphatic carbocycles. The van der Waals surface area contributed by atoms with E-state index >= 15 is 0 Å². The SMILES string of the molecule is C[N+]1(CCC[Si](C)(C)C[Si](C)(C)CCC[N+]2(C)CCCCC2)CCCCC1.[I-].[I-]. The van der Waals surface area contributed by atoms with Gasteiger partial charge >= 0.3 is 0 Å². The van der Waals surface area contributed by atoms with Crippen LogP contribution in [0.2, 0.25) is 43.9 Å². The molecule has 2 aliphatic heterocycles. The van der Waals surface area contributed by atoms with Crippen molar-refractivity contribution in [1.82, 2.24) is 0 Å². The van der Waals surface area contributed by atoms with Gasteiger partial charge in [-0.25, -0.2) is 0 Å². The molecule has 2 nitrogen and oxygen atoms in total. The zero-order valence-corrected chi connectivity index (χ0v) is 27.0. The Morgan fingerprint density at radius 2 is 0.862 bits per heavy atom. The van der Waals surface area contributed by atoms with E-state index in [4.69, 9.17) is 0 Å². The van der Waals surface area contributed by atoms with Gasteiger partial charge in [-0.05, 0) is 51.4 Å². The number of piperidine rings is 2. The van der Waals surface area contributed by atoms with Crippen molar-refractivity contribution in [3.63, 3.8) is 0 Å². The first-order valence-electron chi connectivity index (χ1n) is 12.2. The van der Waals surface area contributed by atoms with Crippen molar-refractivity contribution in [3.8, 4) is 0 Å². The largest absolute Gasteiger partial charge is 1.00 e. The third kappa shape index (κ3) is 12.0. The van der Waals surface area contributed by atoms with E-state index in [9.17, 15) is 0 Å². The van der Waals surface area contributed by atoms with Crippen LogP contribution in [0, 0.1) is 0 Å². The number of rotatable bonds is 10. The van der Waals surface area contributed by atoms with Crippen molar-refractivity contribution in [2.24, 2.45) is 0 Å². The first kappa shape index (κ1) is 30.8. The van der Waals surface area contributed by atoms with E-state index in [-0.39, 0.29) is 48.0 Å². The van der Waals surface area contributed by atoms with E-state index in [2.05, 4.69) is 40.3 Å². The summed E-state index contributed by atoms with van der Waals surface area (Å²) in [5, 5.41) is 0. The Labute approximate surface area is 220 Å². The Balaban J connectivity index is 0.00000392. The van der Waals surface area contributed by atoms with Crippen LogP contribution in [0.4, 0.5) is 0 Å². The second kappa shape index (κ2) is 13.5. The molecule has 0 amide bonds. The van der Waals surface area contributed by atoms with Crippen molar-refractivity contribution >= 4 is 16.1 Å². The molecule has 6 heteroatoms. The second-order valence-corrected chi connectivity index (χ2v) is 23.5. The summed E-state index contributed by atoms with van der Waals surface area (Å²) in [5.41, 5.74) is 1.66. The maximum absolute atomic E-state index is 2.70. The van der Waals surface area contributed by atoms with Crippen molar-refractivity contribution in [1.29, 1.82) is 0 Å². The van der Waals surface area contributed by atoms with Gasteiger partial charge in [0.25, 0.3) is 0 Å². The molecule has 0 unspecified atom stereocenters. The lowest BCUT2D eigenvalue weighted by molar-refractivity contribution is -0.914. The minimum absolute atomic E-state index is 0. The molecule has 0 aromatic rings. The van der Waals surface area contributed by atoms with Gasteiger partial charge in [0.15, 0.2) is 0 Å². The number of quaternary nitrogens is 2. The molecule has 0 N–H and O–H groups in total. The summed E-state index contributed by atoms with van der Waals surface area (Å²) in [7, 11) is 3.01. The second-order valence-electron chi connectivity index (χ2n) is 12.4. The zero-order chi connectivity index (χ0) is 20.0. The summed E-state index contributed by atoms with van der Waals surface area (Å²) in [5.74, 6) is 0. The van der Waals surface area contributed by atoms with Gasteiger partial charge < -0.3 is 56.9 Å². The van der Waals surface area contributed by atoms with E-state index in [1.54, 1.807) is 17.8 Å². The fourth-order valence-electron chi connectivity index (χ4n) is 6.35. The fourth-order valence-corrected chi connectivity index (χ4v) is 20.4. The van der Waals surface area contributed by atoms with Crippen molar-refractivity contribution in [2.45, 2.75) is 95.3 Å². The average Bonchev–Trinajstić information content (AvgIpc) is 2.54. The molecule has 2 rings (SSSR count). The maximum Gasteiger partial charge on any atom is 0.0784 e. The Bertz CT molecular complexity index is 406. The summed E-state index contributed by atoms with van der Waals surface area (Å²) in [4.78, 5) is 0. The van der Waals surface area contributed by atoms with Gasteiger partial charge in [0.1, 0.15) is 0 Å². The Morgan fingerprint density at radius 1 is 0.552 bits per heavy atom. The van der Waals surface area contributed by atoms with E-state index in [1.165, 1.54) is 99.6 Å². The van der Waals surface area contributed by atoms with Gasteiger partial charge in [-0.1, -0.05) is 43.9 Å². The highest BCUT2D eigenvalue weighted by atomic mass is 127. The first-order chi connectivity index (χ1) is 12.5. The lowest BCUT2D eigenvalue weighted by atomic mass is 10.1. The minimum Gasteiger partial charge on any atom is -1.00 e. The summed E-state index contributed by atoms with van der Waals surface area (Å²) < 4.78 is 2.75. The quantitative estimate of drug-likeness (QED) is 0.175. The molecule has 2 heterocycles. The third-order valence-electron chi connectivity index (χ3n) is 7.85. The molecule has 2 saturated heterocycles. The standard InChI is InChI=1S/C23H52N2Si2.2HI/c1-24(15-9-7-10-16-24)19-13-21-26(3,4)23-27(5,6)22-14-20-25(2)17-11-8-12-18-25;;/h7-23H2,1-6H3;2*1H/q+2;;/p-2. The third-order valence-corrected chi connectivity index (χ3v) is 18.9. The molecule has 29 heavy (non-hydrogen) atoms. The lowest BCUT2D eigenvalue weighted by Gasteiger charge is -2.40. The van der Waals surface area contributed by atoms with E-state index < -0.39 is 16.1 Å². The van der Waals surface area contributed by atoms with Gasteiger partial charge in [-0.3, -0.25) is 0 Å². The number of hydrogen-bond donors (Lipinski definition) is 0. The Hall–Kier alpha value is 1.81. The van der Waals surface area contributed by atoms with Crippen LogP contribution < -0.4 is 48.0 Å². The van der Waals surface area contributed by atoms with E-state index in [1.807, 2.05) is 0 Å². The molecule has 0 spiro atoms. The Kier molecular flexibility index (Phi) is 14.3. The van der Waals surface area contributed by atoms with Gasteiger partial charge in [-0.15, -0.1) is 0 Å². The molecule has 176 valence electrons. The van der Waals surface area contributed by atoms with Crippen molar-refractivity contribution < 1.29 is 56.9 Å². The van der Waals surface area contributed by atoms with Crippen LogP contribution in [-0.2, 0) is 0 Å². The van der Waals surface area contributed by atoms with Crippen LogP contribution in [0.3, 0.4) is 0 Å². The molecule has 0 saturated carbocycles. The van der Waals surface area contributed by atoms with Gasteiger partial charge in [0.2, 0.25) is 0 Å². The zero-order valence-electron chi connectivity index (χ0n) is 20.7. The summed E-state index contributed by atoms with van der Waals surface area (Å²) >= 11 is 0. The Morgan fingerprint density at radius 3 is 1.17 bits per heavy atom. The van der Waals surface area contributed by atoms with E-state index in [0.29, 0.717) is 0 Å². The highest BCUT2D eigenvalue weighted by molar-refractivity contribution is 6.95. The number of nitrogens with zero attached hydrogens (tertiary/aromatic N) is 2. The molecular weight excluding hydrogens is 614 g/mol. The lowest BCUT2D eigenvalue weighted by Crippen LogP contribution is -3.00. The van der Waals surface area contributed by atoms with Crippen LogP contribution in [0.25, 0.3) is 0 Å².